The van der Waals surface area contributed by atoms with Crippen molar-refractivity contribution in [3.63, 3.8) is 0 Å². The maximum absolute atomic E-state index is 12.0. The normalized spacial score (nSPS) is 11.4. The molecule has 2 aromatic rings. The highest BCUT2D eigenvalue weighted by molar-refractivity contribution is 5.36. The predicted molar refractivity (Wildman–Crippen MR) is 66.3 cm³/mol. The molecule has 2 rings (SSSR count). The average Bonchev–Trinajstić information content (AvgIpc) is 2.96. The van der Waals surface area contributed by atoms with Gasteiger partial charge >= 0.3 is 6.18 Å². The van der Waals surface area contributed by atoms with Crippen molar-refractivity contribution in [3.8, 4) is 5.95 Å². The highest BCUT2D eigenvalue weighted by atomic mass is 19.4. The molecule has 21 heavy (non-hydrogen) atoms. The molecule has 0 aliphatic rings. The van der Waals surface area contributed by atoms with Gasteiger partial charge in [-0.1, -0.05) is 0 Å². The van der Waals surface area contributed by atoms with Gasteiger partial charge in [-0.2, -0.15) is 37.9 Å². The summed E-state index contributed by atoms with van der Waals surface area (Å²) in [7, 11) is 0. The molecule has 0 spiro atoms. The second-order valence-corrected chi connectivity index (χ2v) is 3.91. The lowest BCUT2D eigenvalue weighted by Gasteiger charge is -2.09. The first-order valence-electron chi connectivity index (χ1n) is 5.86. The molecule has 0 aliphatic carbocycles. The topological polar surface area (TPSA) is 119 Å². The summed E-state index contributed by atoms with van der Waals surface area (Å²) in [6.45, 7) is 0.0599. The van der Waals surface area contributed by atoms with Gasteiger partial charge in [-0.15, -0.1) is 0 Å². The molecule has 9 nitrogen and oxygen atoms in total. The Morgan fingerprint density at radius 2 is 1.95 bits per heavy atom. The molecule has 0 fully saturated rings. The van der Waals surface area contributed by atoms with E-state index in [1.165, 1.54) is 17.3 Å². The molecular formula is C9H12F3N9. The Bertz CT molecular complexity index is 568. The Kier molecular flexibility index (Phi) is 4.47. The molecule has 0 radical (unpaired) electrons. The first kappa shape index (κ1) is 14.9. The second kappa shape index (κ2) is 6.30. The van der Waals surface area contributed by atoms with Gasteiger partial charge in [0.1, 0.15) is 12.7 Å². The Balaban J connectivity index is 2.04. The molecule has 12 heteroatoms. The van der Waals surface area contributed by atoms with E-state index in [1.54, 1.807) is 0 Å². The zero-order valence-corrected chi connectivity index (χ0v) is 10.7. The molecule has 114 valence electrons. The fraction of sp³-hybridized carbons (Fsp3) is 0.444. The summed E-state index contributed by atoms with van der Waals surface area (Å²) in [6, 6.07) is 0. The lowest BCUT2D eigenvalue weighted by Crippen LogP contribution is -2.17. The Morgan fingerprint density at radius 1 is 1.19 bits per heavy atom. The second-order valence-electron chi connectivity index (χ2n) is 3.91. The third kappa shape index (κ3) is 4.52. The van der Waals surface area contributed by atoms with Crippen LogP contribution in [0.3, 0.4) is 0 Å². The minimum Gasteiger partial charge on any atom is -0.354 e. The number of alkyl halides is 3. The summed E-state index contributed by atoms with van der Waals surface area (Å²) < 4.78 is 37.4. The van der Waals surface area contributed by atoms with Crippen molar-refractivity contribution in [2.45, 2.75) is 19.0 Å². The maximum atomic E-state index is 12.0. The van der Waals surface area contributed by atoms with Crippen molar-refractivity contribution in [3.05, 3.63) is 12.7 Å². The van der Waals surface area contributed by atoms with E-state index in [4.69, 9.17) is 5.84 Å². The van der Waals surface area contributed by atoms with Gasteiger partial charge in [0, 0.05) is 13.0 Å². The zero-order valence-electron chi connectivity index (χ0n) is 10.7. The SMILES string of the molecule is NNc1nc(NCCCC(F)(F)F)nc(-n2cncn2)n1. The fourth-order valence-electron chi connectivity index (χ4n) is 1.41. The van der Waals surface area contributed by atoms with E-state index in [0.29, 0.717) is 0 Å². The number of hydrogen-bond donors (Lipinski definition) is 3. The number of hydrazine groups is 1. The monoisotopic (exact) mass is 303 g/mol. The third-order valence-corrected chi connectivity index (χ3v) is 2.30. The molecule has 0 saturated carbocycles. The van der Waals surface area contributed by atoms with Gasteiger partial charge in [-0.3, -0.25) is 5.43 Å². The number of nitrogen functional groups attached to an aromatic ring is 1. The predicted octanol–water partition coefficient (Wildman–Crippen LogP) is 0.492. The number of anilines is 2. The van der Waals surface area contributed by atoms with E-state index in [2.05, 4.69) is 35.8 Å². The summed E-state index contributed by atoms with van der Waals surface area (Å²) in [5, 5.41) is 6.51. The van der Waals surface area contributed by atoms with Crippen molar-refractivity contribution in [2.24, 2.45) is 5.84 Å². The Labute approximate surface area is 116 Å². The highest BCUT2D eigenvalue weighted by Gasteiger charge is 2.25. The summed E-state index contributed by atoms with van der Waals surface area (Å²) in [5.41, 5.74) is 2.24. The molecule has 0 bridgehead atoms. The molecule has 4 N–H and O–H groups in total. The van der Waals surface area contributed by atoms with E-state index in [1.807, 2.05) is 0 Å². The molecule has 2 heterocycles. The highest BCUT2D eigenvalue weighted by Crippen LogP contribution is 2.21. The van der Waals surface area contributed by atoms with Crippen molar-refractivity contribution in [1.29, 1.82) is 0 Å². The number of rotatable bonds is 6. The molecule has 0 aliphatic heterocycles. The van der Waals surface area contributed by atoms with Crippen LogP contribution in [0.5, 0.6) is 0 Å². The maximum Gasteiger partial charge on any atom is 0.389 e. The van der Waals surface area contributed by atoms with Crippen LogP contribution >= 0.6 is 0 Å². The van der Waals surface area contributed by atoms with E-state index in [-0.39, 0.29) is 30.8 Å². The van der Waals surface area contributed by atoms with Crippen LogP contribution in [0.15, 0.2) is 12.7 Å². The number of nitrogens with zero attached hydrogens (tertiary/aromatic N) is 6. The summed E-state index contributed by atoms with van der Waals surface area (Å²) in [6.07, 6.45) is -2.52. The molecule has 0 aromatic carbocycles. The zero-order chi connectivity index (χ0) is 15.3. The number of hydrogen-bond acceptors (Lipinski definition) is 8. The largest absolute Gasteiger partial charge is 0.389 e. The van der Waals surface area contributed by atoms with Gasteiger partial charge in [0.15, 0.2) is 0 Å². The smallest absolute Gasteiger partial charge is 0.354 e. The van der Waals surface area contributed by atoms with Crippen LogP contribution in [0.25, 0.3) is 5.95 Å². The summed E-state index contributed by atoms with van der Waals surface area (Å²) in [4.78, 5) is 15.6. The van der Waals surface area contributed by atoms with Crippen molar-refractivity contribution in [2.75, 3.05) is 17.3 Å². The van der Waals surface area contributed by atoms with Gasteiger partial charge in [0.25, 0.3) is 5.95 Å². The molecule has 2 aromatic heterocycles. The van der Waals surface area contributed by atoms with E-state index in [0.717, 1.165) is 0 Å². The number of nitrogens with one attached hydrogen (secondary N) is 2. The standard InChI is InChI=1S/C9H12F3N9/c10-9(11,12)2-1-3-15-6-17-7(20-13)19-8(18-6)21-5-14-4-16-21/h4-5H,1-3,13H2,(H2,15,17,18,19,20). The van der Waals surface area contributed by atoms with Crippen LogP contribution in [0, 0.1) is 0 Å². The molecule has 0 atom stereocenters. The first-order valence-corrected chi connectivity index (χ1v) is 5.86. The van der Waals surface area contributed by atoms with Crippen molar-refractivity contribution in [1.82, 2.24) is 29.7 Å². The fourth-order valence-corrected chi connectivity index (χ4v) is 1.41. The van der Waals surface area contributed by atoms with Crippen molar-refractivity contribution >= 4 is 11.9 Å². The minimum atomic E-state index is -4.18. The Morgan fingerprint density at radius 3 is 2.57 bits per heavy atom. The Hall–Kier alpha value is -2.50. The minimum absolute atomic E-state index is 0.0498. The summed E-state index contributed by atoms with van der Waals surface area (Å²) in [5.74, 6) is 5.50. The van der Waals surface area contributed by atoms with E-state index in [9.17, 15) is 13.2 Å². The van der Waals surface area contributed by atoms with Crippen LogP contribution in [-0.2, 0) is 0 Å². The molecule has 0 unspecified atom stereocenters. The number of aromatic nitrogens is 6. The quantitative estimate of drug-likeness (QED) is 0.401. The van der Waals surface area contributed by atoms with E-state index < -0.39 is 12.6 Å². The average molecular weight is 303 g/mol. The number of halogens is 3. The number of nitrogens with two attached hydrogens (primary N) is 1. The van der Waals surface area contributed by atoms with Crippen LogP contribution < -0.4 is 16.6 Å². The van der Waals surface area contributed by atoms with Crippen LogP contribution in [0.1, 0.15) is 12.8 Å². The molecule has 0 amide bonds. The van der Waals surface area contributed by atoms with Crippen molar-refractivity contribution < 1.29 is 13.2 Å². The third-order valence-electron chi connectivity index (χ3n) is 2.30. The van der Waals surface area contributed by atoms with Gasteiger partial charge in [0.05, 0.1) is 0 Å². The van der Waals surface area contributed by atoms with E-state index >= 15 is 0 Å². The first-order chi connectivity index (χ1) is 9.98. The van der Waals surface area contributed by atoms with Crippen LogP contribution in [0.2, 0.25) is 0 Å². The summed E-state index contributed by atoms with van der Waals surface area (Å²) >= 11 is 0. The van der Waals surface area contributed by atoms with Gasteiger partial charge < -0.3 is 5.32 Å². The van der Waals surface area contributed by atoms with Crippen LogP contribution in [-0.4, -0.2) is 42.4 Å². The van der Waals surface area contributed by atoms with Gasteiger partial charge in [0.2, 0.25) is 11.9 Å². The van der Waals surface area contributed by atoms with Gasteiger partial charge in [-0.25, -0.2) is 10.8 Å². The lowest BCUT2D eigenvalue weighted by molar-refractivity contribution is -0.134. The van der Waals surface area contributed by atoms with Crippen LogP contribution in [0.4, 0.5) is 25.1 Å². The molecule has 0 saturated heterocycles. The van der Waals surface area contributed by atoms with Gasteiger partial charge in [-0.05, 0) is 6.42 Å². The lowest BCUT2D eigenvalue weighted by atomic mass is 10.3. The molecular weight excluding hydrogens is 291 g/mol.